The molecule has 0 aliphatic heterocycles. The summed E-state index contributed by atoms with van der Waals surface area (Å²) in [6.07, 6.45) is 6.48. The van der Waals surface area contributed by atoms with Crippen molar-refractivity contribution in [2.24, 2.45) is 5.92 Å². The maximum Gasteiger partial charge on any atom is 0.534 e. The zero-order chi connectivity index (χ0) is 26.3. The molecular weight excluding hydrogens is 506 g/mol. The molecule has 10 heteroatoms. The molecule has 0 N–H and O–H groups in total. The van der Waals surface area contributed by atoms with Crippen LogP contribution < -0.4 is 4.18 Å². The summed E-state index contributed by atoms with van der Waals surface area (Å²) in [7, 11) is -6.14. The van der Waals surface area contributed by atoms with Gasteiger partial charge in [0.25, 0.3) is 0 Å². The fourth-order valence-corrected chi connectivity index (χ4v) is 5.41. The van der Waals surface area contributed by atoms with Crippen LogP contribution in [0.25, 0.3) is 21.9 Å². The van der Waals surface area contributed by atoms with Gasteiger partial charge in [0.05, 0.1) is 5.39 Å². The van der Waals surface area contributed by atoms with Crippen LogP contribution in [0, 0.1) is 23.4 Å². The molecule has 1 aliphatic rings. The Labute approximate surface area is 205 Å². The Balaban J connectivity index is 1.63. The van der Waals surface area contributed by atoms with Gasteiger partial charge >= 0.3 is 15.6 Å². The highest BCUT2D eigenvalue weighted by Gasteiger charge is 2.49. The van der Waals surface area contributed by atoms with Gasteiger partial charge in [0, 0.05) is 5.56 Å². The van der Waals surface area contributed by atoms with Gasteiger partial charge in [-0.05, 0) is 78.3 Å². The lowest BCUT2D eigenvalue weighted by Gasteiger charge is -2.28. The normalized spacial score (nSPS) is 19.0. The minimum atomic E-state index is -6.14. The molecule has 0 aromatic heterocycles. The second-order valence-electron chi connectivity index (χ2n) is 9.16. The maximum atomic E-state index is 15.1. The lowest BCUT2D eigenvalue weighted by molar-refractivity contribution is -0.0500. The summed E-state index contributed by atoms with van der Waals surface area (Å²) in [4.78, 5) is 0. The molecule has 3 aromatic carbocycles. The topological polar surface area (TPSA) is 43.4 Å². The molecule has 0 saturated heterocycles. The highest BCUT2D eigenvalue weighted by Crippen LogP contribution is 2.40. The molecule has 4 rings (SSSR count). The van der Waals surface area contributed by atoms with E-state index in [2.05, 4.69) is 11.1 Å². The van der Waals surface area contributed by atoms with Crippen molar-refractivity contribution in [3.8, 4) is 16.9 Å². The van der Waals surface area contributed by atoms with E-state index in [4.69, 9.17) is 0 Å². The highest BCUT2D eigenvalue weighted by molar-refractivity contribution is 7.88. The van der Waals surface area contributed by atoms with Crippen molar-refractivity contribution >= 4 is 20.9 Å². The Kier molecular flexibility index (Phi) is 7.28. The van der Waals surface area contributed by atoms with Gasteiger partial charge in [-0.1, -0.05) is 38.0 Å². The number of rotatable bonds is 6. The van der Waals surface area contributed by atoms with Crippen molar-refractivity contribution in [1.29, 1.82) is 0 Å². The lowest BCUT2D eigenvalue weighted by Crippen LogP contribution is -2.28. The molecule has 0 unspecified atom stereocenters. The van der Waals surface area contributed by atoms with Crippen LogP contribution in [0.2, 0.25) is 0 Å². The fraction of sp³-hybridized carbons (Fsp3) is 0.385. The van der Waals surface area contributed by atoms with E-state index >= 15 is 4.39 Å². The smallest absolute Gasteiger partial charge is 0.373 e. The van der Waals surface area contributed by atoms with Crippen molar-refractivity contribution in [3.05, 3.63) is 65.5 Å². The third-order valence-corrected chi connectivity index (χ3v) is 7.74. The first-order valence-electron chi connectivity index (χ1n) is 11.6. The van der Waals surface area contributed by atoms with Crippen molar-refractivity contribution < 1.29 is 38.9 Å². The molecule has 36 heavy (non-hydrogen) atoms. The summed E-state index contributed by atoms with van der Waals surface area (Å²) < 4.78 is 109. The van der Waals surface area contributed by atoms with E-state index in [1.54, 1.807) is 6.07 Å². The lowest BCUT2D eigenvalue weighted by atomic mass is 9.77. The van der Waals surface area contributed by atoms with Gasteiger partial charge in [0.2, 0.25) is 0 Å². The fourth-order valence-electron chi connectivity index (χ4n) is 4.95. The minimum Gasteiger partial charge on any atom is -0.373 e. The summed E-state index contributed by atoms with van der Waals surface area (Å²) in [6.45, 7) is 2.16. The first-order chi connectivity index (χ1) is 16.9. The SMILES string of the molecule is CCCC1CCC(c2ccc(-c3cc(F)c4c(F)c(OS(=O)(=O)C(F)(F)F)ccc4c3)c(F)c2)CC1. The molecule has 0 radical (unpaired) electrons. The Morgan fingerprint density at radius 1 is 0.917 bits per heavy atom. The standard InChI is InChI=1S/C26H24F6O3S/c1-2-3-15-4-6-16(7-5-15)17-8-10-20(21(27)13-17)19-12-18-9-11-23(25(29)24(18)22(28)14-19)35-36(33,34)26(30,31)32/h8-16H,2-7H2,1H3. The molecule has 0 heterocycles. The summed E-state index contributed by atoms with van der Waals surface area (Å²) >= 11 is 0. The quantitative estimate of drug-likeness (QED) is 0.183. The molecule has 194 valence electrons. The third kappa shape index (κ3) is 5.19. The third-order valence-electron chi connectivity index (χ3n) is 6.77. The Morgan fingerprint density at radius 2 is 1.61 bits per heavy atom. The maximum absolute atomic E-state index is 15.1. The van der Waals surface area contributed by atoms with Gasteiger partial charge in [-0.25, -0.2) is 13.2 Å². The largest absolute Gasteiger partial charge is 0.534 e. The summed E-state index contributed by atoms with van der Waals surface area (Å²) in [5.74, 6) is -3.73. The Morgan fingerprint density at radius 3 is 2.22 bits per heavy atom. The van der Waals surface area contributed by atoms with Gasteiger partial charge in [0.1, 0.15) is 11.6 Å². The molecule has 0 amide bonds. The van der Waals surface area contributed by atoms with E-state index in [0.717, 1.165) is 49.8 Å². The Bertz CT molecular complexity index is 1380. The summed E-state index contributed by atoms with van der Waals surface area (Å²) in [6, 6.07) is 8.55. The number of fused-ring (bicyclic) bond motifs is 1. The van der Waals surface area contributed by atoms with E-state index in [0.29, 0.717) is 12.0 Å². The van der Waals surface area contributed by atoms with Crippen LogP contribution >= 0.6 is 0 Å². The average Bonchev–Trinajstić information content (AvgIpc) is 2.80. The van der Waals surface area contributed by atoms with Gasteiger partial charge in [-0.15, -0.1) is 0 Å². The predicted molar refractivity (Wildman–Crippen MR) is 124 cm³/mol. The monoisotopic (exact) mass is 530 g/mol. The van der Waals surface area contributed by atoms with Crippen LogP contribution in [0.5, 0.6) is 5.75 Å². The first-order valence-corrected chi connectivity index (χ1v) is 13.0. The van der Waals surface area contributed by atoms with E-state index in [1.807, 2.05) is 0 Å². The van der Waals surface area contributed by atoms with Crippen LogP contribution in [-0.2, 0) is 10.1 Å². The molecule has 1 saturated carbocycles. The van der Waals surface area contributed by atoms with Gasteiger partial charge in [-0.3, -0.25) is 0 Å². The van der Waals surface area contributed by atoms with Crippen LogP contribution in [0.3, 0.4) is 0 Å². The Hall–Kier alpha value is -2.75. The van der Waals surface area contributed by atoms with Crippen molar-refractivity contribution in [2.45, 2.75) is 56.9 Å². The van der Waals surface area contributed by atoms with Crippen LogP contribution in [0.15, 0.2) is 42.5 Å². The van der Waals surface area contributed by atoms with E-state index in [1.165, 1.54) is 24.6 Å². The zero-order valence-corrected chi connectivity index (χ0v) is 20.2. The summed E-state index contributed by atoms with van der Waals surface area (Å²) in [5.41, 5.74) is -4.73. The first kappa shape index (κ1) is 26.3. The molecule has 1 fully saturated rings. The molecule has 0 bridgehead atoms. The van der Waals surface area contributed by atoms with Crippen LogP contribution in [-0.4, -0.2) is 13.9 Å². The minimum absolute atomic E-state index is 0.0830. The number of hydrogen-bond donors (Lipinski definition) is 0. The van der Waals surface area contributed by atoms with Gasteiger partial charge in [-0.2, -0.15) is 21.6 Å². The number of alkyl halides is 3. The molecular formula is C26H24F6O3S. The second kappa shape index (κ2) is 9.95. The zero-order valence-electron chi connectivity index (χ0n) is 19.3. The van der Waals surface area contributed by atoms with Crippen LogP contribution in [0.4, 0.5) is 26.3 Å². The van der Waals surface area contributed by atoms with Crippen molar-refractivity contribution in [3.63, 3.8) is 0 Å². The second-order valence-corrected chi connectivity index (χ2v) is 10.7. The van der Waals surface area contributed by atoms with Crippen molar-refractivity contribution in [2.75, 3.05) is 0 Å². The number of hydrogen-bond acceptors (Lipinski definition) is 3. The number of halogens is 6. The van der Waals surface area contributed by atoms with E-state index in [-0.39, 0.29) is 22.4 Å². The molecule has 3 aromatic rings. The predicted octanol–water partition coefficient (Wildman–Crippen LogP) is 8.23. The van der Waals surface area contributed by atoms with Crippen molar-refractivity contribution in [1.82, 2.24) is 0 Å². The molecule has 3 nitrogen and oxygen atoms in total. The van der Waals surface area contributed by atoms with E-state index in [9.17, 15) is 30.4 Å². The molecule has 0 spiro atoms. The molecule has 0 atom stereocenters. The average molecular weight is 531 g/mol. The van der Waals surface area contributed by atoms with Gasteiger partial charge in [0.15, 0.2) is 11.6 Å². The highest BCUT2D eigenvalue weighted by atomic mass is 32.2. The van der Waals surface area contributed by atoms with Crippen LogP contribution in [0.1, 0.15) is 56.9 Å². The van der Waals surface area contributed by atoms with Gasteiger partial charge < -0.3 is 4.18 Å². The number of benzene rings is 3. The molecule has 1 aliphatic carbocycles. The summed E-state index contributed by atoms with van der Waals surface area (Å²) in [5, 5.41) is -0.869. The van der Waals surface area contributed by atoms with E-state index < -0.39 is 44.2 Å².